The number of para-hydroxylation sites is 2. The zero-order valence-corrected chi connectivity index (χ0v) is 18.2. The zero-order valence-electron chi connectivity index (χ0n) is 17.4. The SMILES string of the molecule is CC(Sc1ccc(NC(=O)COc2ccccc2)cc1)C(=O)Nc1ccccc1C(N)=O. The molecule has 4 N–H and O–H groups in total. The first-order chi connectivity index (χ1) is 15.4. The maximum Gasteiger partial charge on any atom is 0.262 e. The van der Waals surface area contributed by atoms with Crippen LogP contribution in [0.15, 0.2) is 83.8 Å². The molecule has 0 saturated carbocycles. The Morgan fingerprint density at radius 2 is 1.56 bits per heavy atom. The Labute approximate surface area is 190 Å². The first kappa shape index (κ1) is 22.9. The van der Waals surface area contributed by atoms with Gasteiger partial charge in [-0.1, -0.05) is 30.3 Å². The maximum atomic E-state index is 12.5. The number of nitrogens with one attached hydrogen (secondary N) is 2. The summed E-state index contributed by atoms with van der Waals surface area (Å²) < 4.78 is 5.43. The summed E-state index contributed by atoms with van der Waals surface area (Å²) in [6, 6.07) is 22.9. The number of rotatable bonds is 9. The van der Waals surface area contributed by atoms with E-state index in [-0.39, 0.29) is 24.0 Å². The first-order valence-corrected chi connectivity index (χ1v) is 10.7. The van der Waals surface area contributed by atoms with E-state index in [0.29, 0.717) is 17.1 Å². The fraction of sp³-hybridized carbons (Fsp3) is 0.125. The van der Waals surface area contributed by atoms with E-state index in [9.17, 15) is 14.4 Å². The van der Waals surface area contributed by atoms with E-state index in [4.69, 9.17) is 10.5 Å². The molecule has 3 aromatic rings. The van der Waals surface area contributed by atoms with Gasteiger partial charge in [0.2, 0.25) is 5.91 Å². The van der Waals surface area contributed by atoms with Crippen molar-refractivity contribution in [1.29, 1.82) is 0 Å². The van der Waals surface area contributed by atoms with Gasteiger partial charge >= 0.3 is 0 Å². The Balaban J connectivity index is 1.51. The molecule has 0 spiro atoms. The first-order valence-electron chi connectivity index (χ1n) is 9.86. The van der Waals surface area contributed by atoms with Gasteiger partial charge in [-0.15, -0.1) is 11.8 Å². The minimum absolute atomic E-state index is 0.0928. The van der Waals surface area contributed by atoms with Gasteiger partial charge in [-0.2, -0.15) is 0 Å². The molecule has 32 heavy (non-hydrogen) atoms. The van der Waals surface area contributed by atoms with Crippen LogP contribution in [0.25, 0.3) is 0 Å². The van der Waals surface area contributed by atoms with Crippen molar-refractivity contribution in [2.45, 2.75) is 17.1 Å². The molecule has 164 valence electrons. The maximum absolute atomic E-state index is 12.5. The summed E-state index contributed by atoms with van der Waals surface area (Å²) in [5.74, 6) is -0.498. The number of primary amides is 1. The Hall–Kier alpha value is -3.78. The van der Waals surface area contributed by atoms with Crippen LogP contribution in [-0.2, 0) is 9.59 Å². The second kappa shape index (κ2) is 11.0. The molecule has 0 aliphatic rings. The molecule has 0 saturated heterocycles. The number of benzene rings is 3. The number of nitrogens with two attached hydrogens (primary N) is 1. The molecule has 0 radical (unpaired) electrons. The van der Waals surface area contributed by atoms with E-state index in [1.54, 1.807) is 55.5 Å². The summed E-state index contributed by atoms with van der Waals surface area (Å²) in [7, 11) is 0. The highest BCUT2D eigenvalue weighted by Crippen LogP contribution is 2.26. The smallest absolute Gasteiger partial charge is 0.262 e. The quantitative estimate of drug-likeness (QED) is 0.429. The number of thioether (sulfide) groups is 1. The molecule has 1 atom stereocenters. The fourth-order valence-corrected chi connectivity index (χ4v) is 3.65. The van der Waals surface area contributed by atoms with Crippen LogP contribution in [-0.4, -0.2) is 29.6 Å². The minimum atomic E-state index is -0.604. The lowest BCUT2D eigenvalue weighted by atomic mass is 10.1. The molecule has 0 aromatic heterocycles. The lowest BCUT2D eigenvalue weighted by Crippen LogP contribution is -2.24. The summed E-state index contributed by atoms with van der Waals surface area (Å²) in [4.78, 5) is 37.0. The Kier molecular flexibility index (Phi) is 7.88. The molecule has 8 heteroatoms. The van der Waals surface area contributed by atoms with Crippen LogP contribution < -0.4 is 21.1 Å². The van der Waals surface area contributed by atoms with Crippen LogP contribution in [0.5, 0.6) is 5.75 Å². The molecule has 3 aromatic carbocycles. The van der Waals surface area contributed by atoms with E-state index >= 15 is 0 Å². The van der Waals surface area contributed by atoms with Gasteiger partial charge in [-0.3, -0.25) is 14.4 Å². The summed E-state index contributed by atoms with van der Waals surface area (Å²) in [6.07, 6.45) is 0. The average Bonchev–Trinajstić information content (AvgIpc) is 2.80. The molecular formula is C24H23N3O4S. The molecule has 1 unspecified atom stereocenters. The van der Waals surface area contributed by atoms with Crippen molar-refractivity contribution in [3.63, 3.8) is 0 Å². The highest BCUT2D eigenvalue weighted by atomic mass is 32.2. The standard InChI is InChI=1S/C24H23N3O4S/c1-16(24(30)27-21-10-6-5-9-20(21)23(25)29)32-19-13-11-17(12-14-19)26-22(28)15-31-18-7-3-2-4-8-18/h2-14,16H,15H2,1H3,(H2,25,29)(H,26,28)(H,27,30). The number of carbonyl (C=O) groups excluding carboxylic acids is 3. The van der Waals surface area contributed by atoms with Crippen molar-refractivity contribution in [3.8, 4) is 5.75 Å². The van der Waals surface area contributed by atoms with Crippen molar-refractivity contribution in [2.75, 3.05) is 17.2 Å². The van der Waals surface area contributed by atoms with Crippen LogP contribution in [0.1, 0.15) is 17.3 Å². The van der Waals surface area contributed by atoms with Gasteiger partial charge in [0.25, 0.3) is 11.8 Å². The summed E-state index contributed by atoms with van der Waals surface area (Å²) in [6.45, 7) is 1.67. The number of anilines is 2. The van der Waals surface area contributed by atoms with Crippen molar-refractivity contribution in [3.05, 3.63) is 84.4 Å². The van der Waals surface area contributed by atoms with Crippen LogP contribution in [0.3, 0.4) is 0 Å². The topological polar surface area (TPSA) is 111 Å². The Morgan fingerprint density at radius 3 is 2.25 bits per heavy atom. The van der Waals surface area contributed by atoms with Crippen molar-refractivity contribution in [1.82, 2.24) is 0 Å². The molecule has 0 bridgehead atoms. The highest BCUT2D eigenvalue weighted by molar-refractivity contribution is 8.00. The summed E-state index contributed by atoms with van der Waals surface area (Å²) in [5, 5.41) is 5.09. The lowest BCUT2D eigenvalue weighted by Gasteiger charge is -2.14. The molecule has 0 aliphatic heterocycles. The van der Waals surface area contributed by atoms with Gasteiger partial charge in [0.15, 0.2) is 6.61 Å². The van der Waals surface area contributed by atoms with Crippen LogP contribution in [0.4, 0.5) is 11.4 Å². The average molecular weight is 450 g/mol. The molecular weight excluding hydrogens is 426 g/mol. The van der Waals surface area contributed by atoms with E-state index in [0.717, 1.165) is 4.90 Å². The molecule has 3 rings (SSSR count). The normalized spacial score (nSPS) is 11.3. The highest BCUT2D eigenvalue weighted by Gasteiger charge is 2.17. The number of amides is 3. The van der Waals surface area contributed by atoms with Crippen molar-refractivity contribution in [2.24, 2.45) is 5.73 Å². The lowest BCUT2D eigenvalue weighted by molar-refractivity contribution is -0.118. The van der Waals surface area contributed by atoms with E-state index < -0.39 is 11.2 Å². The van der Waals surface area contributed by atoms with Crippen LogP contribution in [0, 0.1) is 0 Å². The fourth-order valence-electron chi connectivity index (χ4n) is 2.78. The zero-order chi connectivity index (χ0) is 22.9. The van der Waals surface area contributed by atoms with Crippen LogP contribution >= 0.6 is 11.8 Å². The molecule has 7 nitrogen and oxygen atoms in total. The third-order valence-corrected chi connectivity index (χ3v) is 5.50. The molecule has 0 heterocycles. The second-order valence-electron chi connectivity index (χ2n) is 6.83. The third kappa shape index (κ3) is 6.61. The van der Waals surface area contributed by atoms with E-state index in [1.165, 1.54) is 11.8 Å². The predicted molar refractivity (Wildman–Crippen MR) is 126 cm³/mol. The van der Waals surface area contributed by atoms with E-state index in [2.05, 4.69) is 10.6 Å². The van der Waals surface area contributed by atoms with Gasteiger partial charge in [-0.05, 0) is 55.5 Å². The Morgan fingerprint density at radius 1 is 0.906 bits per heavy atom. The van der Waals surface area contributed by atoms with Gasteiger partial charge in [0.05, 0.1) is 16.5 Å². The monoisotopic (exact) mass is 449 g/mol. The van der Waals surface area contributed by atoms with Crippen LogP contribution in [0.2, 0.25) is 0 Å². The molecule has 3 amide bonds. The van der Waals surface area contributed by atoms with Crippen molar-refractivity contribution >= 4 is 40.9 Å². The van der Waals surface area contributed by atoms with Gasteiger partial charge in [0, 0.05) is 10.6 Å². The summed E-state index contributed by atoms with van der Waals surface area (Å²) >= 11 is 1.35. The minimum Gasteiger partial charge on any atom is -0.484 e. The largest absolute Gasteiger partial charge is 0.484 e. The second-order valence-corrected chi connectivity index (χ2v) is 8.25. The third-order valence-electron chi connectivity index (χ3n) is 4.38. The number of hydrogen-bond acceptors (Lipinski definition) is 5. The van der Waals surface area contributed by atoms with Crippen molar-refractivity contribution < 1.29 is 19.1 Å². The molecule has 0 fully saturated rings. The molecule has 0 aliphatic carbocycles. The van der Waals surface area contributed by atoms with Gasteiger partial charge < -0.3 is 21.1 Å². The number of hydrogen-bond donors (Lipinski definition) is 3. The Bertz CT molecular complexity index is 1090. The van der Waals surface area contributed by atoms with E-state index in [1.807, 2.05) is 30.3 Å². The summed E-state index contributed by atoms with van der Waals surface area (Å²) in [5.41, 5.74) is 6.62. The number of ether oxygens (including phenoxy) is 1. The number of carbonyl (C=O) groups is 3. The van der Waals surface area contributed by atoms with Gasteiger partial charge in [0.1, 0.15) is 5.75 Å². The van der Waals surface area contributed by atoms with Gasteiger partial charge in [-0.25, -0.2) is 0 Å². The predicted octanol–water partition coefficient (Wildman–Crippen LogP) is 3.92.